The summed E-state index contributed by atoms with van der Waals surface area (Å²) in [6, 6.07) is 7.78. The molecular formula is C20H23N3O4. The van der Waals surface area contributed by atoms with Gasteiger partial charge in [-0.05, 0) is 41.7 Å². The molecule has 7 nitrogen and oxygen atoms in total. The highest BCUT2D eigenvalue weighted by atomic mass is 16.5. The normalized spacial score (nSPS) is 12.9. The molecule has 0 unspecified atom stereocenters. The second-order valence-electron chi connectivity index (χ2n) is 6.32. The molecule has 1 aliphatic rings. The van der Waals surface area contributed by atoms with E-state index in [1.54, 1.807) is 24.4 Å². The molecule has 0 saturated carbocycles. The Morgan fingerprint density at radius 1 is 1.19 bits per heavy atom. The summed E-state index contributed by atoms with van der Waals surface area (Å²) in [4.78, 5) is 30.1. The van der Waals surface area contributed by atoms with Crippen molar-refractivity contribution in [1.29, 1.82) is 0 Å². The molecule has 2 heterocycles. The standard InChI is InChI=1S/C20H23N3O4/c1-26-16-5-3-14(4-6-16)7-9-22-19(24)18-12-21-11-15-13-23(20(25)27-2)10-8-17(15)18/h3-6,11-12H,7-10,13H2,1-2H3,(H,22,24). The number of aromatic nitrogens is 1. The number of amides is 2. The maximum absolute atomic E-state index is 12.6. The number of carbonyl (C=O) groups is 2. The van der Waals surface area contributed by atoms with Crippen molar-refractivity contribution >= 4 is 12.0 Å². The number of nitrogens with one attached hydrogen (secondary N) is 1. The van der Waals surface area contributed by atoms with Crippen molar-refractivity contribution in [3.8, 4) is 5.75 Å². The Hall–Kier alpha value is -3.09. The van der Waals surface area contributed by atoms with Crippen LogP contribution in [0.15, 0.2) is 36.7 Å². The second-order valence-corrected chi connectivity index (χ2v) is 6.32. The van der Waals surface area contributed by atoms with E-state index in [1.807, 2.05) is 24.3 Å². The molecule has 0 aliphatic carbocycles. The summed E-state index contributed by atoms with van der Waals surface area (Å²) in [5, 5.41) is 2.96. The highest BCUT2D eigenvalue weighted by Crippen LogP contribution is 2.22. The number of benzene rings is 1. The molecule has 1 N–H and O–H groups in total. The monoisotopic (exact) mass is 369 g/mol. The first-order valence-electron chi connectivity index (χ1n) is 8.82. The van der Waals surface area contributed by atoms with Crippen molar-refractivity contribution in [2.75, 3.05) is 27.3 Å². The third-order valence-corrected chi connectivity index (χ3v) is 4.68. The molecule has 0 fully saturated rings. The van der Waals surface area contributed by atoms with Crippen LogP contribution in [0.25, 0.3) is 0 Å². The van der Waals surface area contributed by atoms with Gasteiger partial charge in [0, 0.05) is 25.5 Å². The van der Waals surface area contributed by atoms with Gasteiger partial charge in [-0.2, -0.15) is 0 Å². The summed E-state index contributed by atoms with van der Waals surface area (Å²) >= 11 is 0. The van der Waals surface area contributed by atoms with Crippen LogP contribution in [0.5, 0.6) is 5.75 Å². The quantitative estimate of drug-likeness (QED) is 0.874. The van der Waals surface area contributed by atoms with Crippen LogP contribution < -0.4 is 10.1 Å². The van der Waals surface area contributed by atoms with E-state index < -0.39 is 0 Å². The topological polar surface area (TPSA) is 80.8 Å². The largest absolute Gasteiger partial charge is 0.497 e. The van der Waals surface area contributed by atoms with Gasteiger partial charge in [-0.3, -0.25) is 9.78 Å². The van der Waals surface area contributed by atoms with E-state index in [9.17, 15) is 9.59 Å². The minimum Gasteiger partial charge on any atom is -0.497 e. The second kappa shape index (κ2) is 8.53. The van der Waals surface area contributed by atoms with E-state index in [0.717, 1.165) is 28.9 Å². The number of carbonyl (C=O) groups excluding carboxylic acids is 2. The number of hydrogen-bond donors (Lipinski definition) is 1. The minimum absolute atomic E-state index is 0.139. The van der Waals surface area contributed by atoms with E-state index in [4.69, 9.17) is 9.47 Å². The Balaban J connectivity index is 1.61. The Morgan fingerprint density at radius 3 is 2.67 bits per heavy atom. The van der Waals surface area contributed by atoms with Crippen LogP contribution in [0, 0.1) is 0 Å². The molecule has 2 amide bonds. The molecule has 2 aromatic rings. The Bertz CT molecular complexity index is 820. The van der Waals surface area contributed by atoms with Crippen LogP contribution in [0.1, 0.15) is 27.0 Å². The van der Waals surface area contributed by atoms with Gasteiger partial charge in [-0.1, -0.05) is 12.1 Å². The number of nitrogens with zero attached hydrogens (tertiary/aromatic N) is 2. The average molecular weight is 369 g/mol. The number of hydrogen-bond acceptors (Lipinski definition) is 5. The fourth-order valence-corrected chi connectivity index (χ4v) is 3.18. The lowest BCUT2D eigenvalue weighted by Gasteiger charge is -2.28. The van der Waals surface area contributed by atoms with Gasteiger partial charge < -0.3 is 19.7 Å². The first kappa shape index (κ1) is 18.7. The molecule has 1 aromatic carbocycles. The number of ether oxygens (including phenoxy) is 2. The van der Waals surface area contributed by atoms with Gasteiger partial charge in [0.1, 0.15) is 5.75 Å². The fraction of sp³-hybridized carbons (Fsp3) is 0.350. The van der Waals surface area contributed by atoms with Gasteiger partial charge in [0.15, 0.2) is 0 Å². The molecule has 3 rings (SSSR count). The maximum atomic E-state index is 12.6. The molecule has 0 atom stereocenters. The van der Waals surface area contributed by atoms with Crippen molar-refractivity contribution in [3.63, 3.8) is 0 Å². The lowest BCUT2D eigenvalue weighted by atomic mass is 9.97. The van der Waals surface area contributed by atoms with Crippen LogP contribution in [0.3, 0.4) is 0 Å². The van der Waals surface area contributed by atoms with Crippen molar-refractivity contribution in [2.24, 2.45) is 0 Å². The van der Waals surface area contributed by atoms with E-state index >= 15 is 0 Å². The van der Waals surface area contributed by atoms with Gasteiger partial charge in [-0.15, -0.1) is 0 Å². The summed E-state index contributed by atoms with van der Waals surface area (Å²) in [5.41, 5.74) is 3.53. The molecule has 7 heteroatoms. The van der Waals surface area contributed by atoms with E-state index in [-0.39, 0.29) is 12.0 Å². The number of rotatable bonds is 5. The summed E-state index contributed by atoms with van der Waals surface area (Å²) in [6.45, 7) is 1.46. The summed E-state index contributed by atoms with van der Waals surface area (Å²) in [5.74, 6) is 0.671. The molecule has 1 aromatic heterocycles. The molecular weight excluding hydrogens is 346 g/mol. The molecule has 142 valence electrons. The van der Waals surface area contributed by atoms with Gasteiger partial charge in [0.2, 0.25) is 0 Å². The smallest absolute Gasteiger partial charge is 0.409 e. The van der Waals surface area contributed by atoms with Crippen LogP contribution in [-0.4, -0.2) is 49.2 Å². The van der Waals surface area contributed by atoms with Crippen LogP contribution in [-0.2, 0) is 24.1 Å². The molecule has 0 radical (unpaired) electrons. The van der Waals surface area contributed by atoms with Gasteiger partial charge in [0.25, 0.3) is 5.91 Å². The van der Waals surface area contributed by atoms with E-state index in [0.29, 0.717) is 31.6 Å². The third-order valence-electron chi connectivity index (χ3n) is 4.68. The van der Waals surface area contributed by atoms with Gasteiger partial charge in [0.05, 0.1) is 26.3 Å². The van der Waals surface area contributed by atoms with Gasteiger partial charge >= 0.3 is 6.09 Å². The van der Waals surface area contributed by atoms with Gasteiger partial charge in [-0.25, -0.2) is 4.79 Å². The molecule has 1 aliphatic heterocycles. The van der Waals surface area contributed by atoms with Crippen LogP contribution in [0.2, 0.25) is 0 Å². The summed E-state index contributed by atoms with van der Waals surface area (Å²) in [7, 11) is 3.00. The lowest BCUT2D eigenvalue weighted by Crippen LogP contribution is -2.37. The van der Waals surface area contributed by atoms with E-state index in [2.05, 4.69) is 10.3 Å². The van der Waals surface area contributed by atoms with Crippen molar-refractivity contribution < 1.29 is 19.1 Å². The zero-order valence-corrected chi connectivity index (χ0v) is 15.5. The SMILES string of the molecule is COC(=O)N1CCc2c(cncc2C(=O)NCCc2ccc(OC)cc2)C1. The number of fused-ring (bicyclic) bond motifs is 1. The maximum Gasteiger partial charge on any atom is 0.409 e. The number of methoxy groups -OCH3 is 2. The van der Waals surface area contributed by atoms with Crippen LogP contribution >= 0.6 is 0 Å². The van der Waals surface area contributed by atoms with E-state index in [1.165, 1.54) is 7.11 Å². The predicted molar refractivity (Wildman–Crippen MR) is 99.8 cm³/mol. The molecule has 27 heavy (non-hydrogen) atoms. The zero-order valence-electron chi connectivity index (χ0n) is 15.5. The first-order valence-corrected chi connectivity index (χ1v) is 8.82. The van der Waals surface area contributed by atoms with Crippen molar-refractivity contribution in [2.45, 2.75) is 19.4 Å². The summed E-state index contributed by atoms with van der Waals surface area (Å²) in [6.07, 6.45) is 4.27. The number of pyridine rings is 1. The third kappa shape index (κ3) is 4.36. The molecule has 0 saturated heterocycles. The highest BCUT2D eigenvalue weighted by Gasteiger charge is 2.25. The Kier molecular flexibility index (Phi) is 5.90. The minimum atomic E-state index is -0.366. The van der Waals surface area contributed by atoms with Crippen LogP contribution in [0.4, 0.5) is 4.79 Å². The summed E-state index contributed by atoms with van der Waals surface area (Å²) < 4.78 is 9.91. The fourth-order valence-electron chi connectivity index (χ4n) is 3.18. The highest BCUT2D eigenvalue weighted by molar-refractivity contribution is 5.95. The Morgan fingerprint density at radius 2 is 1.96 bits per heavy atom. The Labute approximate surface area is 158 Å². The molecule has 0 bridgehead atoms. The molecule has 0 spiro atoms. The lowest BCUT2D eigenvalue weighted by molar-refractivity contribution is 0.0951. The predicted octanol–water partition coefficient (Wildman–Crippen LogP) is 2.19. The van der Waals surface area contributed by atoms with Crippen molar-refractivity contribution in [1.82, 2.24) is 15.2 Å². The average Bonchev–Trinajstić information content (AvgIpc) is 2.72. The van der Waals surface area contributed by atoms with Crippen molar-refractivity contribution in [3.05, 3.63) is 58.9 Å². The first-order chi connectivity index (χ1) is 13.1. The zero-order chi connectivity index (χ0) is 19.2.